The lowest BCUT2D eigenvalue weighted by atomic mass is 10.1. The van der Waals surface area contributed by atoms with E-state index in [2.05, 4.69) is 20.1 Å². The number of carbonyl (C=O) groups is 1. The van der Waals surface area contributed by atoms with Gasteiger partial charge in [-0.05, 0) is 49.3 Å². The number of aromatic nitrogens is 3. The monoisotopic (exact) mass is 472 g/mol. The van der Waals surface area contributed by atoms with Gasteiger partial charge in [0, 0.05) is 25.1 Å². The quantitative estimate of drug-likeness (QED) is 0.311. The zero-order chi connectivity index (χ0) is 22.4. The highest BCUT2D eigenvalue weighted by atomic mass is 35.5. The van der Waals surface area contributed by atoms with Crippen LogP contribution in [0.3, 0.4) is 0 Å². The second kappa shape index (κ2) is 10.5. The molecule has 1 N–H and O–H groups in total. The van der Waals surface area contributed by atoms with Crippen LogP contribution in [0.4, 0.5) is 13.2 Å². The molecular formula is C21H24ClF3N4OS. The first-order valence-electron chi connectivity index (χ1n) is 10.1. The average Bonchev–Trinajstić information content (AvgIpc) is 3.38. The van der Waals surface area contributed by atoms with Crippen LogP contribution in [0.1, 0.15) is 55.1 Å². The van der Waals surface area contributed by atoms with Gasteiger partial charge in [-0.15, -0.1) is 10.2 Å². The van der Waals surface area contributed by atoms with Crippen LogP contribution in [0.15, 0.2) is 29.4 Å². The van der Waals surface area contributed by atoms with E-state index >= 15 is 0 Å². The summed E-state index contributed by atoms with van der Waals surface area (Å²) >= 11 is 7.19. The number of nitrogens with zero attached hydrogens (tertiary/aromatic N) is 3. The first-order valence-corrected chi connectivity index (χ1v) is 11.7. The highest BCUT2D eigenvalue weighted by Crippen LogP contribution is 2.35. The molecule has 1 aromatic carbocycles. The maximum atomic E-state index is 12.9. The summed E-state index contributed by atoms with van der Waals surface area (Å²) in [6.07, 6.45) is 6.11. The van der Waals surface area contributed by atoms with Crippen molar-refractivity contribution in [3.05, 3.63) is 46.2 Å². The van der Waals surface area contributed by atoms with Crippen LogP contribution >= 0.6 is 23.4 Å². The van der Waals surface area contributed by atoms with Gasteiger partial charge < -0.3 is 9.88 Å². The Kier molecular flexibility index (Phi) is 8.05. The van der Waals surface area contributed by atoms with Crippen molar-refractivity contribution in [1.29, 1.82) is 0 Å². The Bertz CT molecular complexity index is 939. The SMILES string of the molecule is CSc1nnc(CCCNC(=O)/C=C/c2ccc(Cl)c(C(F)(F)F)c2)n1C1CCCC1. The molecule has 0 radical (unpaired) electrons. The lowest BCUT2D eigenvalue weighted by molar-refractivity contribution is -0.137. The zero-order valence-electron chi connectivity index (χ0n) is 17.1. The number of amides is 1. The molecule has 1 heterocycles. The Balaban J connectivity index is 1.51. The van der Waals surface area contributed by atoms with E-state index in [-0.39, 0.29) is 16.5 Å². The summed E-state index contributed by atoms with van der Waals surface area (Å²) in [6.45, 7) is 0.434. The molecule has 0 atom stereocenters. The van der Waals surface area contributed by atoms with Crippen molar-refractivity contribution in [2.24, 2.45) is 0 Å². The third kappa shape index (κ3) is 6.26. The minimum atomic E-state index is -4.54. The highest BCUT2D eigenvalue weighted by Gasteiger charge is 2.33. The van der Waals surface area contributed by atoms with Gasteiger partial charge in [-0.3, -0.25) is 4.79 Å². The fourth-order valence-electron chi connectivity index (χ4n) is 3.70. The van der Waals surface area contributed by atoms with Gasteiger partial charge in [0.05, 0.1) is 10.6 Å². The van der Waals surface area contributed by atoms with Crippen molar-refractivity contribution in [3.8, 4) is 0 Å². The van der Waals surface area contributed by atoms with E-state index in [9.17, 15) is 18.0 Å². The number of aryl methyl sites for hydroxylation is 1. The molecule has 1 aromatic heterocycles. The van der Waals surface area contributed by atoms with E-state index in [1.54, 1.807) is 11.8 Å². The standard InChI is InChI=1S/C21H24ClF3N4OS/c1-31-20-28-27-18(29(20)15-5-2-3-6-15)7-4-12-26-19(30)11-9-14-8-10-17(22)16(13-14)21(23,24)25/h8-11,13,15H,2-7,12H2,1H3,(H,26,30)/b11-9+. The molecule has 0 unspecified atom stereocenters. The molecule has 0 spiro atoms. The molecule has 1 amide bonds. The normalized spacial score (nSPS) is 15.1. The molecule has 1 aliphatic carbocycles. The summed E-state index contributed by atoms with van der Waals surface area (Å²) < 4.78 is 41.0. The summed E-state index contributed by atoms with van der Waals surface area (Å²) in [4.78, 5) is 12.0. The van der Waals surface area contributed by atoms with Crippen molar-refractivity contribution in [2.75, 3.05) is 12.8 Å². The van der Waals surface area contributed by atoms with Gasteiger partial charge in [-0.1, -0.05) is 42.3 Å². The van der Waals surface area contributed by atoms with Crippen LogP contribution in [-0.4, -0.2) is 33.5 Å². The number of alkyl halides is 3. The minimum absolute atomic E-state index is 0.251. The summed E-state index contributed by atoms with van der Waals surface area (Å²) in [5.41, 5.74) is -0.672. The van der Waals surface area contributed by atoms with Crippen molar-refractivity contribution in [3.63, 3.8) is 0 Å². The van der Waals surface area contributed by atoms with Gasteiger partial charge in [0.2, 0.25) is 5.91 Å². The average molecular weight is 473 g/mol. The predicted octanol–water partition coefficient (Wildman–Crippen LogP) is 5.55. The molecule has 1 aliphatic rings. The maximum absolute atomic E-state index is 12.9. The number of hydrogen-bond acceptors (Lipinski definition) is 4. The highest BCUT2D eigenvalue weighted by molar-refractivity contribution is 7.98. The van der Waals surface area contributed by atoms with Crippen molar-refractivity contribution in [2.45, 2.75) is 55.9 Å². The fourth-order valence-corrected chi connectivity index (χ4v) is 4.50. The van der Waals surface area contributed by atoms with E-state index < -0.39 is 11.7 Å². The number of rotatable bonds is 8. The minimum Gasteiger partial charge on any atom is -0.353 e. The van der Waals surface area contributed by atoms with Crippen molar-refractivity contribution >= 4 is 35.3 Å². The van der Waals surface area contributed by atoms with E-state index in [1.165, 1.54) is 37.1 Å². The zero-order valence-corrected chi connectivity index (χ0v) is 18.7. The second-order valence-corrected chi connectivity index (χ2v) is 8.56. The molecule has 0 aliphatic heterocycles. The van der Waals surface area contributed by atoms with E-state index in [1.807, 2.05) is 6.26 Å². The van der Waals surface area contributed by atoms with Crippen molar-refractivity contribution < 1.29 is 18.0 Å². The maximum Gasteiger partial charge on any atom is 0.417 e. The van der Waals surface area contributed by atoms with Gasteiger partial charge in [0.15, 0.2) is 5.16 Å². The molecular weight excluding hydrogens is 449 g/mol. The van der Waals surface area contributed by atoms with Crippen LogP contribution in [0.2, 0.25) is 5.02 Å². The molecule has 0 saturated heterocycles. The van der Waals surface area contributed by atoms with Crippen LogP contribution < -0.4 is 5.32 Å². The summed E-state index contributed by atoms with van der Waals surface area (Å²) in [5.74, 6) is 0.562. The number of benzene rings is 1. The number of thioether (sulfide) groups is 1. The van der Waals surface area contributed by atoms with Gasteiger partial charge >= 0.3 is 6.18 Å². The second-order valence-electron chi connectivity index (χ2n) is 7.38. The number of nitrogens with one attached hydrogen (secondary N) is 1. The molecule has 168 valence electrons. The molecule has 3 rings (SSSR count). The molecule has 1 saturated carbocycles. The third-order valence-corrected chi connectivity index (χ3v) is 6.18. The largest absolute Gasteiger partial charge is 0.417 e. The molecule has 10 heteroatoms. The first-order chi connectivity index (χ1) is 14.8. The Morgan fingerprint density at radius 3 is 2.74 bits per heavy atom. The van der Waals surface area contributed by atoms with Crippen LogP contribution in [0.25, 0.3) is 6.08 Å². The summed E-state index contributed by atoms with van der Waals surface area (Å²) in [5, 5.41) is 11.9. The molecule has 31 heavy (non-hydrogen) atoms. The van der Waals surface area contributed by atoms with E-state index in [0.29, 0.717) is 25.4 Å². The summed E-state index contributed by atoms with van der Waals surface area (Å²) in [7, 11) is 0. The number of hydrogen-bond donors (Lipinski definition) is 1. The van der Waals surface area contributed by atoms with E-state index in [0.717, 1.165) is 29.9 Å². The number of halogens is 4. The van der Waals surface area contributed by atoms with Gasteiger partial charge in [-0.2, -0.15) is 13.2 Å². The van der Waals surface area contributed by atoms with Crippen LogP contribution in [-0.2, 0) is 17.4 Å². The Hall–Kier alpha value is -2.00. The van der Waals surface area contributed by atoms with Gasteiger partial charge in [0.25, 0.3) is 0 Å². The molecule has 2 aromatic rings. The van der Waals surface area contributed by atoms with Crippen molar-refractivity contribution in [1.82, 2.24) is 20.1 Å². The van der Waals surface area contributed by atoms with Crippen LogP contribution in [0, 0.1) is 0 Å². The lowest BCUT2D eigenvalue weighted by Crippen LogP contribution is -2.23. The summed E-state index contributed by atoms with van der Waals surface area (Å²) in [6, 6.07) is 3.97. The predicted molar refractivity (Wildman–Crippen MR) is 116 cm³/mol. The molecule has 0 bridgehead atoms. The molecule has 5 nitrogen and oxygen atoms in total. The van der Waals surface area contributed by atoms with E-state index in [4.69, 9.17) is 11.6 Å². The Morgan fingerprint density at radius 2 is 2.06 bits per heavy atom. The fraction of sp³-hybridized carbons (Fsp3) is 0.476. The topological polar surface area (TPSA) is 59.8 Å². The number of carbonyl (C=O) groups excluding carboxylic acids is 1. The van der Waals surface area contributed by atoms with Crippen LogP contribution in [0.5, 0.6) is 0 Å². The third-order valence-electron chi connectivity index (χ3n) is 5.21. The lowest BCUT2D eigenvalue weighted by Gasteiger charge is -2.16. The smallest absolute Gasteiger partial charge is 0.353 e. The Morgan fingerprint density at radius 1 is 1.32 bits per heavy atom. The first kappa shape index (κ1) is 23.7. The Labute approximate surface area is 188 Å². The van der Waals surface area contributed by atoms with Gasteiger partial charge in [0.1, 0.15) is 5.82 Å². The van der Waals surface area contributed by atoms with Gasteiger partial charge in [-0.25, -0.2) is 0 Å². The molecule has 1 fully saturated rings.